The summed E-state index contributed by atoms with van der Waals surface area (Å²) in [7, 11) is -3.98. The molecule has 0 aromatic heterocycles. The zero-order valence-corrected chi connectivity index (χ0v) is 18.7. The second kappa shape index (κ2) is 9.48. The van der Waals surface area contributed by atoms with Crippen molar-refractivity contribution in [2.75, 3.05) is 10.6 Å². The number of halogens is 2. The van der Waals surface area contributed by atoms with Gasteiger partial charge in [0.1, 0.15) is 6.04 Å². The molecule has 0 spiro atoms. The lowest BCUT2D eigenvalue weighted by atomic mass is 9.97. The van der Waals surface area contributed by atoms with Gasteiger partial charge in [-0.3, -0.25) is 9.10 Å². The van der Waals surface area contributed by atoms with Gasteiger partial charge in [-0.1, -0.05) is 60.2 Å². The summed E-state index contributed by atoms with van der Waals surface area (Å²) in [6, 6.07) is 17.8. The van der Waals surface area contributed by atoms with Crippen LogP contribution in [0.15, 0.2) is 72.8 Å². The van der Waals surface area contributed by atoms with Gasteiger partial charge in [-0.25, -0.2) is 17.2 Å². The summed E-state index contributed by atoms with van der Waals surface area (Å²) in [5.74, 6) is -2.90. The molecule has 1 amide bonds. The van der Waals surface area contributed by atoms with Crippen LogP contribution in [-0.4, -0.2) is 26.6 Å². The minimum Gasteiger partial charge on any atom is -0.343 e. The molecular formula is C24H24F2N2O3S. The van der Waals surface area contributed by atoms with Crippen molar-refractivity contribution in [2.45, 2.75) is 25.9 Å². The Morgan fingerprint density at radius 3 is 2.06 bits per heavy atom. The molecule has 2 atom stereocenters. The van der Waals surface area contributed by atoms with E-state index in [1.54, 1.807) is 0 Å². The van der Waals surface area contributed by atoms with Gasteiger partial charge in [-0.15, -0.1) is 0 Å². The van der Waals surface area contributed by atoms with E-state index in [1.807, 2.05) is 61.5 Å². The smallest absolute Gasteiger partial charge is 0.244 e. The monoisotopic (exact) mass is 458 g/mol. The van der Waals surface area contributed by atoms with Gasteiger partial charge in [-0.05, 0) is 37.1 Å². The molecule has 168 valence electrons. The van der Waals surface area contributed by atoms with E-state index in [0.717, 1.165) is 45.5 Å². The second-order valence-corrected chi connectivity index (χ2v) is 9.46. The van der Waals surface area contributed by atoms with Crippen LogP contribution in [0.25, 0.3) is 0 Å². The lowest BCUT2D eigenvalue weighted by Gasteiger charge is -2.30. The molecule has 0 bridgehead atoms. The third-order valence-electron chi connectivity index (χ3n) is 5.08. The predicted molar refractivity (Wildman–Crippen MR) is 121 cm³/mol. The molecule has 5 nitrogen and oxygen atoms in total. The molecule has 0 radical (unpaired) electrons. The van der Waals surface area contributed by atoms with Gasteiger partial charge in [0.2, 0.25) is 15.9 Å². The van der Waals surface area contributed by atoms with E-state index in [2.05, 4.69) is 5.32 Å². The summed E-state index contributed by atoms with van der Waals surface area (Å²) in [6.07, 6.45) is 0.909. The normalized spacial score (nSPS) is 13.3. The average Bonchev–Trinajstić information content (AvgIpc) is 2.75. The Balaban J connectivity index is 1.96. The highest BCUT2D eigenvalue weighted by Gasteiger charge is 2.31. The molecule has 0 saturated carbocycles. The van der Waals surface area contributed by atoms with Crippen LogP contribution < -0.4 is 9.62 Å². The third kappa shape index (κ3) is 5.31. The number of carbonyl (C=O) groups excluding carboxylic acids is 1. The van der Waals surface area contributed by atoms with Crippen LogP contribution in [-0.2, 0) is 14.8 Å². The summed E-state index contributed by atoms with van der Waals surface area (Å²) in [6.45, 7) is 3.35. The van der Waals surface area contributed by atoms with Crippen molar-refractivity contribution in [3.05, 3.63) is 101 Å². The molecule has 0 aliphatic heterocycles. The van der Waals surface area contributed by atoms with Crippen molar-refractivity contribution in [1.82, 2.24) is 5.32 Å². The van der Waals surface area contributed by atoms with Crippen molar-refractivity contribution in [3.8, 4) is 0 Å². The van der Waals surface area contributed by atoms with Crippen molar-refractivity contribution in [2.24, 2.45) is 0 Å². The van der Waals surface area contributed by atoms with Crippen LogP contribution in [0, 0.1) is 18.6 Å². The van der Waals surface area contributed by atoms with Gasteiger partial charge in [0.05, 0.1) is 18.0 Å². The number of benzene rings is 3. The molecular weight excluding hydrogens is 434 g/mol. The van der Waals surface area contributed by atoms with Crippen molar-refractivity contribution in [1.29, 1.82) is 0 Å². The summed E-state index contributed by atoms with van der Waals surface area (Å²) < 4.78 is 52.9. The maximum absolute atomic E-state index is 13.8. The van der Waals surface area contributed by atoms with Gasteiger partial charge in [0.25, 0.3) is 0 Å². The Morgan fingerprint density at radius 2 is 1.50 bits per heavy atom. The van der Waals surface area contributed by atoms with Gasteiger partial charge >= 0.3 is 0 Å². The molecule has 0 heterocycles. The van der Waals surface area contributed by atoms with E-state index in [4.69, 9.17) is 0 Å². The van der Waals surface area contributed by atoms with E-state index in [-0.39, 0.29) is 5.69 Å². The summed E-state index contributed by atoms with van der Waals surface area (Å²) in [4.78, 5) is 13.2. The minimum absolute atomic E-state index is 0.138. The van der Waals surface area contributed by atoms with Crippen LogP contribution >= 0.6 is 0 Å². The number of carbonyl (C=O) groups is 1. The average molecular weight is 459 g/mol. The van der Waals surface area contributed by atoms with Crippen LogP contribution in [0.1, 0.15) is 29.7 Å². The Morgan fingerprint density at radius 1 is 0.906 bits per heavy atom. The maximum Gasteiger partial charge on any atom is 0.244 e. The summed E-state index contributed by atoms with van der Waals surface area (Å²) in [5.41, 5.74) is 2.55. The third-order valence-corrected chi connectivity index (χ3v) is 6.32. The zero-order chi connectivity index (χ0) is 23.5. The first-order valence-electron chi connectivity index (χ1n) is 9.94. The lowest BCUT2D eigenvalue weighted by Crippen LogP contribution is -2.48. The number of sulfonamides is 1. The summed E-state index contributed by atoms with van der Waals surface area (Å²) in [5, 5.41) is 2.90. The number of nitrogens with one attached hydrogen (secondary N) is 1. The highest BCUT2D eigenvalue weighted by Crippen LogP contribution is 2.26. The molecule has 0 aliphatic rings. The van der Waals surface area contributed by atoms with Gasteiger partial charge < -0.3 is 5.32 Å². The fourth-order valence-electron chi connectivity index (χ4n) is 3.46. The van der Waals surface area contributed by atoms with E-state index in [9.17, 15) is 22.0 Å². The van der Waals surface area contributed by atoms with E-state index in [0.29, 0.717) is 0 Å². The van der Waals surface area contributed by atoms with Crippen LogP contribution in [0.4, 0.5) is 14.5 Å². The number of nitrogens with zero attached hydrogens (tertiary/aromatic N) is 1. The molecule has 8 heteroatoms. The number of rotatable bonds is 7. The van der Waals surface area contributed by atoms with Crippen molar-refractivity contribution in [3.63, 3.8) is 0 Å². The quantitative estimate of drug-likeness (QED) is 0.573. The van der Waals surface area contributed by atoms with Crippen LogP contribution in [0.2, 0.25) is 0 Å². The number of aryl methyl sites for hydroxylation is 1. The van der Waals surface area contributed by atoms with Crippen LogP contribution in [0.3, 0.4) is 0 Å². The molecule has 0 fully saturated rings. The molecule has 32 heavy (non-hydrogen) atoms. The number of amides is 1. The molecule has 1 N–H and O–H groups in total. The fourth-order valence-corrected chi connectivity index (χ4v) is 4.62. The number of hydrogen-bond donors (Lipinski definition) is 1. The van der Waals surface area contributed by atoms with Crippen molar-refractivity contribution >= 4 is 21.6 Å². The van der Waals surface area contributed by atoms with E-state index in [1.165, 1.54) is 6.92 Å². The van der Waals surface area contributed by atoms with E-state index < -0.39 is 39.6 Å². The first-order valence-corrected chi connectivity index (χ1v) is 11.8. The standard InChI is InChI=1S/C24H24F2N2O3S/c1-16-9-11-19(12-10-16)23(18-7-5-4-6-8-18)27-24(29)17(2)28(32(3,30)31)20-13-14-21(25)22(26)15-20/h4-15,17,23H,1-3H3,(H,27,29)/t17-,23+/m1/s1. The molecule has 3 aromatic rings. The van der Waals surface area contributed by atoms with Gasteiger partial charge in [0.15, 0.2) is 11.6 Å². The van der Waals surface area contributed by atoms with E-state index >= 15 is 0 Å². The first kappa shape index (κ1) is 23.4. The Hall–Kier alpha value is -3.26. The largest absolute Gasteiger partial charge is 0.343 e. The minimum atomic E-state index is -3.98. The van der Waals surface area contributed by atoms with Crippen LogP contribution in [0.5, 0.6) is 0 Å². The SMILES string of the molecule is Cc1ccc([C@@H](NC(=O)[C@@H](C)N(c2ccc(F)c(F)c2)S(C)(=O)=O)c2ccccc2)cc1. The Kier molecular flexibility index (Phi) is 6.93. The number of hydrogen-bond acceptors (Lipinski definition) is 3. The Labute approximate surface area is 186 Å². The highest BCUT2D eigenvalue weighted by atomic mass is 32.2. The molecule has 0 aliphatic carbocycles. The van der Waals surface area contributed by atoms with Crippen molar-refractivity contribution < 1.29 is 22.0 Å². The topological polar surface area (TPSA) is 66.5 Å². The predicted octanol–water partition coefficient (Wildman–Crippen LogP) is 4.33. The highest BCUT2D eigenvalue weighted by molar-refractivity contribution is 7.92. The zero-order valence-electron chi connectivity index (χ0n) is 17.9. The fraction of sp³-hybridized carbons (Fsp3) is 0.208. The van der Waals surface area contributed by atoms with Gasteiger partial charge in [0, 0.05) is 6.07 Å². The molecule has 0 saturated heterocycles. The second-order valence-electron chi connectivity index (χ2n) is 7.60. The number of anilines is 1. The summed E-state index contributed by atoms with van der Waals surface area (Å²) >= 11 is 0. The first-order chi connectivity index (χ1) is 15.1. The Bertz CT molecular complexity index is 1200. The van der Waals surface area contributed by atoms with Gasteiger partial charge in [-0.2, -0.15) is 0 Å². The molecule has 0 unspecified atom stereocenters. The molecule has 3 aromatic carbocycles. The molecule has 3 rings (SSSR count). The lowest BCUT2D eigenvalue weighted by molar-refractivity contribution is -0.122. The maximum atomic E-state index is 13.8.